The van der Waals surface area contributed by atoms with Crippen LogP contribution in [0.5, 0.6) is 0 Å². The van der Waals surface area contributed by atoms with Crippen LogP contribution in [0.2, 0.25) is 0 Å². The highest BCUT2D eigenvalue weighted by atomic mass is 15.0. The Morgan fingerprint density at radius 2 is 2.62 bits per heavy atom. The maximum Gasteiger partial charge on any atom is 0.0888 e. The molecular weight excluding hydrogens is 100 g/mol. The smallest absolute Gasteiger partial charge is 0.0888 e. The molecule has 1 aliphatic heterocycles. The van der Waals surface area contributed by atoms with E-state index in [1.54, 1.807) is 0 Å². The molecule has 2 heteroatoms. The van der Waals surface area contributed by atoms with E-state index in [9.17, 15) is 0 Å². The minimum absolute atomic E-state index is 0.470. The van der Waals surface area contributed by atoms with Crippen molar-refractivity contribution in [1.82, 2.24) is 5.32 Å². The largest absolute Gasteiger partial charge is 0.292 e. The Morgan fingerprint density at radius 1 is 1.75 bits per heavy atom. The Hall–Kier alpha value is -0.630. The molecule has 8 heavy (non-hydrogen) atoms. The summed E-state index contributed by atoms with van der Waals surface area (Å²) in [6.07, 6.45) is 5.86. The standard InChI is InChI=1S/C6H10N2/c1-6-3-2-4-7-5-8-6/h2-4,6,8H,5H2,1H3. The summed E-state index contributed by atoms with van der Waals surface area (Å²) in [5, 5.41) is 3.16. The van der Waals surface area contributed by atoms with Gasteiger partial charge in [-0.1, -0.05) is 6.08 Å². The lowest BCUT2D eigenvalue weighted by molar-refractivity contribution is 0.655. The SMILES string of the molecule is CC1C=CC=NCN1. The van der Waals surface area contributed by atoms with E-state index in [0.717, 1.165) is 6.67 Å². The van der Waals surface area contributed by atoms with Crippen molar-refractivity contribution in [2.75, 3.05) is 6.67 Å². The number of rotatable bonds is 0. The van der Waals surface area contributed by atoms with Gasteiger partial charge in [-0.2, -0.15) is 0 Å². The molecule has 0 radical (unpaired) electrons. The molecule has 44 valence electrons. The first-order chi connectivity index (χ1) is 3.89. The van der Waals surface area contributed by atoms with Crippen molar-refractivity contribution in [3.63, 3.8) is 0 Å². The zero-order chi connectivity index (χ0) is 5.82. The molecule has 1 rings (SSSR count). The molecule has 1 N–H and O–H groups in total. The van der Waals surface area contributed by atoms with Crippen LogP contribution >= 0.6 is 0 Å². The van der Waals surface area contributed by atoms with Gasteiger partial charge in [0.1, 0.15) is 0 Å². The second kappa shape index (κ2) is 2.62. The molecule has 1 aliphatic rings. The van der Waals surface area contributed by atoms with Crippen LogP contribution in [0.3, 0.4) is 0 Å². The third kappa shape index (κ3) is 1.46. The van der Waals surface area contributed by atoms with E-state index < -0.39 is 0 Å². The van der Waals surface area contributed by atoms with E-state index in [1.807, 2.05) is 12.3 Å². The Labute approximate surface area is 49.3 Å². The monoisotopic (exact) mass is 110 g/mol. The molecule has 1 atom stereocenters. The molecule has 0 saturated carbocycles. The van der Waals surface area contributed by atoms with Crippen LogP contribution in [0.4, 0.5) is 0 Å². The molecule has 0 amide bonds. The normalized spacial score (nSPS) is 27.9. The highest BCUT2D eigenvalue weighted by Gasteiger charge is 1.92. The molecule has 0 spiro atoms. The summed E-state index contributed by atoms with van der Waals surface area (Å²) in [6.45, 7) is 2.85. The minimum Gasteiger partial charge on any atom is -0.292 e. The summed E-state index contributed by atoms with van der Waals surface area (Å²) in [7, 11) is 0. The zero-order valence-electron chi connectivity index (χ0n) is 4.96. The van der Waals surface area contributed by atoms with Gasteiger partial charge in [0.2, 0.25) is 0 Å². The van der Waals surface area contributed by atoms with Crippen molar-refractivity contribution in [2.24, 2.45) is 4.99 Å². The average Bonchev–Trinajstić information content (AvgIpc) is 1.94. The van der Waals surface area contributed by atoms with E-state index >= 15 is 0 Å². The van der Waals surface area contributed by atoms with Gasteiger partial charge in [-0.3, -0.25) is 10.3 Å². The average molecular weight is 110 g/mol. The Kier molecular flexibility index (Phi) is 1.80. The second-order valence-corrected chi connectivity index (χ2v) is 1.87. The molecule has 0 saturated heterocycles. The van der Waals surface area contributed by atoms with E-state index in [-0.39, 0.29) is 0 Å². The van der Waals surface area contributed by atoms with Gasteiger partial charge in [0, 0.05) is 12.3 Å². The van der Waals surface area contributed by atoms with Crippen molar-refractivity contribution in [1.29, 1.82) is 0 Å². The first kappa shape index (κ1) is 5.51. The maximum absolute atomic E-state index is 4.00. The fraction of sp³-hybridized carbons (Fsp3) is 0.500. The number of hydrogen-bond acceptors (Lipinski definition) is 2. The van der Waals surface area contributed by atoms with E-state index in [2.05, 4.69) is 23.3 Å². The quantitative estimate of drug-likeness (QED) is 0.484. The van der Waals surface area contributed by atoms with E-state index in [0.29, 0.717) is 6.04 Å². The van der Waals surface area contributed by atoms with E-state index in [1.165, 1.54) is 0 Å². The predicted octanol–water partition coefficient (Wildman–Crippen LogP) is 0.563. The van der Waals surface area contributed by atoms with Gasteiger partial charge in [0.15, 0.2) is 0 Å². The van der Waals surface area contributed by atoms with Gasteiger partial charge in [-0.25, -0.2) is 0 Å². The predicted molar refractivity (Wildman–Crippen MR) is 35.1 cm³/mol. The molecule has 0 aromatic rings. The third-order valence-corrected chi connectivity index (χ3v) is 1.10. The van der Waals surface area contributed by atoms with Gasteiger partial charge < -0.3 is 0 Å². The van der Waals surface area contributed by atoms with Crippen LogP contribution in [-0.4, -0.2) is 18.9 Å². The highest BCUT2D eigenvalue weighted by molar-refractivity contribution is 5.71. The number of nitrogens with one attached hydrogen (secondary N) is 1. The number of hydrogen-bond donors (Lipinski definition) is 1. The van der Waals surface area contributed by atoms with Crippen LogP contribution in [0.15, 0.2) is 17.1 Å². The first-order valence-electron chi connectivity index (χ1n) is 2.79. The molecule has 1 heterocycles. The summed E-state index contributed by atoms with van der Waals surface area (Å²) < 4.78 is 0. The molecule has 0 aromatic carbocycles. The zero-order valence-corrected chi connectivity index (χ0v) is 4.96. The van der Waals surface area contributed by atoms with Crippen molar-refractivity contribution in [3.05, 3.63) is 12.2 Å². The molecule has 0 aromatic heterocycles. The summed E-state index contributed by atoms with van der Waals surface area (Å²) in [6, 6.07) is 0.470. The van der Waals surface area contributed by atoms with Crippen LogP contribution in [0, 0.1) is 0 Å². The van der Waals surface area contributed by atoms with Gasteiger partial charge in [-0.15, -0.1) is 0 Å². The van der Waals surface area contributed by atoms with Gasteiger partial charge >= 0.3 is 0 Å². The van der Waals surface area contributed by atoms with Crippen LogP contribution in [-0.2, 0) is 0 Å². The van der Waals surface area contributed by atoms with Crippen molar-refractivity contribution in [2.45, 2.75) is 13.0 Å². The fourth-order valence-electron chi connectivity index (χ4n) is 0.595. The lowest BCUT2D eigenvalue weighted by Gasteiger charge is -2.01. The lowest BCUT2D eigenvalue weighted by atomic mass is 10.3. The van der Waals surface area contributed by atoms with Gasteiger partial charge in [0.25, 0.3) is 0 Å². The molecule has 0 fully saturated rings. The summed E-state index contributed by atoms with van der Waals surface area (Å²) in [4.78, 5) is 4.00. The summed E-state index contributed by atoms with van der Waals surface area (Å²) >= 11 is 0. The minimum atomic E-state index is 0.470. The maximum atomic E-state index is 4.00. The number of aliphatic imine (C=N–C) groups is 1. The topological polar surface area (TPSA) is 24.4 Å². The fourth-order valence-corrected chi connectivity index (χ4v) is 0.595. The highest BCUT2D eigenvalue weighted by Crippen LogP contribution is 1.85. The summed E-state index contributed by atoms with van der Waals surface area (Å²) in [5.74, 6) is 0. The van der Waals surface area contributed by atoms with Crippen LogP contribution < -0.4 is 5.32 Å². The Bertz CT molecular complexity index is 116. The van der Waals surface area contributed by atoms with Crippen molar-refractivity contribution in [3.8, 4) is 0 Å². The second-order valence-electron chi connectivity index (χ2n) is 1.87. The molecular formula is C6H10N2. The van der Waals surface area contributed by atoms with Crippen LogP contribution in [0.1, 0.15) is 6.92 Å². The molecule has 0 bridgehead atoms. The molecule has 2 nitrogen and oxygen atoms in total. The lowest BCUT2D eigenvalue weighted by Crippen LogP contribution is -2.22. The summed E-state index contributed by atoms with van der Waals surface area (Å²) in [5.41, 5.74) is 0. The molecule has 0 aliphatic carbocycles. The number of allylic oxidation sites excluding steroid dienone is 1. The number of nitrogens with zero attached hydrogens (tertiary/aromatic N) is 1. The molecule has 1 unspecified atom stereocenters. The van der Waals surface area contributed by atoms with Gasteiger partial charge in [0.05, 0.1) is 6.67 Å². The first-order valence-corrected chi connectivity index (χ1v) is 2.79. The Morgan fingerprint density at radius 3 is 3.50 bits per heavy atom. The van der Waals surface area contributed by atoms with Crippen molar-refractivity contribution >= 4 is 6.21 Å². The van der Waals surface area contributed by atoms with Crippen LogP contribution in [0.25, 0.3) is 0 Å². The Balaban J connectivity index is 2.46. The van der Waals surface area contributed by atoms with Gasteiger partial charge in [-0.05, 0) is 13.0 Å². The van der Waals surface area contributed by atoms with E-state index in [4.69, 9.17) is 0 Å². The van der Waals surface area contributed by atoms with Crippen molar-refractivity contribution < 1.29 is 0 Å². The third-order valence-electron chi connectivity index (χ3n) is 1.10.